The molecule has 1 aromatic rings. The first-order valence-electron chi connectivity index (χ1n) is 7.69. The molecule has 0 aliphatic carbocycles. The molecule has 0 atom stereocenters. The summed E-state index contributed by atoms with van der Waals surface area (Å²) in [6.45, 7) is 4.51. The summed E-state index contributed by atoms with van der Waals surface area (Å²) in [6, 6.07) is 10.7. The molecule has 0 N–H and O–H groups in total. The van der Waals surface area contributed by atoms with Gasteiger partial charge in [-0.1, -0.05) is 24.3 Å². The topological polar surface area (TPSA) is 36.9 Å². The number of aryl methyl sites for hydroxylation is 2. The lowest BCUT2D eigenvalue weighted by atomic mass is 10.1. The third-order valence-electron chi connectivity index (χ3n) is 4.24. The lowest BCUT2D eigenvalue weighted by molar-refractivity contribution is 0.123. The molecule has 0 spiro atoms. The third kappa shape index (κ3) is 5.94. The molecule has 6 heteroatoms. The van der Waals surface area contributed by atoms with Crippen LogP contribution in [-0.2, 0) is 30.5 Å². The quantitative estimate of drug-likeness (QED) is 0.610. The molecule has 0 aromatic heterocycles. The summed E-state index contributed by atoms with van der Waals surface area (Å²) in [5.74, 6) is 0. The predicted octanol–water partition coefficient (Wildman–Crippen LogP) is 3.50. The second kappa shape index (κ2) is 8.95. The summed E-state index contributed by atoms with van der Waals surface area (Å²) in [7, 11) is 2.85. The molecule has 0 aliphatic rings. The Hall–Kier alpha value is -0.506. The summed E-state index contributed by atoms with van der Waals surface area (Å²) >= 11 is 0. The smallest absolute Gasteiger partial charge is 0.420 e. The van der Waals surface area contributed by atoms with Gasteiger partial charge in [0.25, 0.3) is 0 Å². The van der Waals surface area contributed by atoms with E-state index >= 15 is 0 Å². The van der Waals surface area contributed by atoms with Crippen molar-refractivity contribution in [2.75, 3.05) is 28.4 Å². The molecule has 0 aliphatic heterocycles. The van der Waals surface area contributed by atoms with Crippen LogP contribution in [0.15, 0.2) is 24.3 Å². The van der Waals surface area contributed by atoms with Crippen LogP contribution >= 0.6 is 0 Å². The monoisotopic (exact) mass is 342 g/mol. The van der Waals surface area contributed by atoms with Crippen LogP contribution in [-0.4, -0.2) is 45.6 Å². The van der Waals surface area contributed by atoms with E-state index in [1.54, 1.807) is 21.3 Å². The molecular formula is C16H30O4Si2. The Morgan fingerprint density at radius 2 is 1.09 bits per heavy atom. The molecule has 22 heavy (non-hydrogen) atoms. The lowest BCUT2D eigenvalue weighted by Gasteiger charge is -2.24. The Balaban J connectivity index is 2.55. The fraction of sp³-hybridized carbons (Fsp3) is 0.625. The number of hydrogen-bond acceptors (Lipinski definition) is 4. The predicted molar refractivity (Wildman–Crippen MR) is 94.7 cm³/mol. The van der Waals surface area contributed by atoms with Gasteiger partial charge in [-0.25, -0.2) is 0 Å². The Kier molecular flexibility index (Phi) is 7.95. The first-order chi connectivity index (χ1) is 10.4. The largest absolute Gasteiger partial charge is 0.500 e. The van der Waals surface area contributed by atoms with Gasteiger partial charge in [-0.2, -0.15) is 0 Å². The maximum Gasteiger partial charge on any atom is 0.500 e. The molecule has 0 saturated carbocycles. The van der Waals surface area contributed by atoms with Gasteiger partial charge >= 0.3 is 8.80 Å². The van der Waals surface area contributed by atoms with Gasteiger partial charge in [0.2, 0.25) is 0 Å². The van der Waals surface area contributed by atoms with Crippen LogP contribution in [0, 0.1) is 0 Å². The average Bonchev–Trinajstić information content (AvgIpc) is 2.56. The Labute approximate surface area is 137 Å². The van der Waals surface area contributed by atoms with Crippen LogP contribution < -0.4 is 0 Å². The molecule has 1 rings (SSSR count). The molecule has 0 radical (unpaired) electrons. The molecule has 4 nitrogen and oxygen atoms in total. The minimum atomic E-state index is -2.47. The molecule has 0 fully saturated rings. The second-order valence-corrected chi connectivity index (χ2v) is 13.6. The highest BCUT2D eigenvalue weighted by atomic mass is 28.4. The van der Waals surface area contributed by atoms with E-state index in [2.05, 4.69) is 37.4 Å². The Morgan fingerprint density at radius 1 is 0.682 bits per heavy atom. The molecule has 0 heterocycles. The second-order valence-electron chi connectivity index (χ2n) is 6.08. The molecule has 0 unspecified atom stereocenters. The molecule has 0 amide bonds. The fourth-order valence-electron chi connectivity index (χ4n) is 2.27. The fourth-order valence-corrected chi connectivity index (χ4v) is 5.08. The van der Waals surface area contributed by atoms with Gasteiger partial charge in [-0.3, -0.25) is 0 Å². The van der Waals surface area contributed by atoms with E-state index in [0.29, 0.717) is 0 Å². The van der Waals surface area contributed by atoms with E-state index in [1.165, 1.54) is 11.1 Å². The first kappa shape index (κ1) is 19.5. The normalized spacial score (nSPS) is 12.6. The highest BCUT2D eigenvalue weighted by Crippen LogP contribution is 2.19. The van der Waals surface area contributed by atoms with Crippen LogP contribution in [0.1, 0.15) is 11.1 Å². The maximum absolute atomic E-state index is 5.60. The standard InChI is InChI=1S/C16H30O4Si2/c1-17-21(5,6)13-11-15-7-9-16(10-8-15)12-14-22(18-2,19-3)20-4/h7-10H,11-14H2,1-6H3. The molecule has 0 bridgehead atoms. The lowest BCUT2D eigenvalue weighted by Crippen LogP contribution is -2.43. The SMILES string of the molecule is CO[Si](C)(C)CCc1ccc(CC[Si](OC)(OC)OC)cc1. The molecule has 0 saturated heterocycles. The van der Waals surface area contributed by atoms with Gasteiger partial charge in [-0.15, -0.1) is 0 Å². The van der Waals surface area contributed by atoms with Gasteiger partial charge in [0, 0.05) is 34.5 Å². The van der Waals surface area contributed by atoms with Crippen LogP contribution in [0.3, 0.4) is 0 Å². The minimum absolute atomic E-state index is 0.791. The summed E-state index contributed by atoms with van der Waals surface area (Å²) < 4.78 is 22.0. The highest BCUT2D eigenvalue weighted by molar-refractivity contribution is 6.71. The van der Waals surface area contributed by atoms with E-state index in [0.717, 1.165) is 24.9 Å². The summed E-state index contributed by atoms with van der Waals surface area (Å²) in [6.07, 6.45) is 1.99. The number of hydrogen-bond donors (Lipinski definition) is 0. The average molecular weight is 343 g/mol. The number of benzene rings is 1. The van der Waals surface area contributed by atoms with Crippen molar-refractivity contribution in [1.29, 1.82) is 0 Å². The molecule has 126 valence electrons. The van der Waals surface area contributed by atoms with Crippen molar-refractivity contribution in [3.63, 3.8) is 0 Å². The van der Waals surface area contributed by atoms with Crippen molar-refractivity contribution in [2.45, 2.75) is 38.0 Å². The highest BCUT2D eigenvalue weighted by Gasteiger charge is 2.37. The Morgan fingerprint density at radius 3 is 1.45 bits per heavy atom. The summed E-state index contributed by atoms with van der Waals surface area (Å²) in [5, 5.41) is 0. The number of rotatable bonds is 10. The van der Waals surface area contributed by atoms with Gasteiger partial charge in [0.15, 0.2) is 8.32 Å². The molecule has 1 aromatic carbocycles. The van der Waals surface area contributed by atoms with Crippen LogP contribution in [0.4, 0.5) is 0 Å². The van der Waals surface area contributed by atoms with Gasteiger partial charge in [0.05, 0.1) is 0 Å². The molecular weight excluding hydrogens is 312 g/mol. The zero-order chi connectivity index (χ0) is 16.6. The first-order valence-corrected chi connectivity index (χ1v) is 12.7. The van der Waals surface area contributed by atoms with Crippen molar-refractivity contribution in [1.82, 2.24) is 0 Å². The van der Waals surface area contributed by atoms with Crippen molar-refractivity contribution in [3.05, 3.63) is 35.4 Å². The van der Waals surface area contributed by atoms with E-state index in [4.69, 9.17) is 17.7 Å². The zero-order valence-electron chi connectivity index (χ0n) is 14.8. The van der Waals surface area contributed by atoms with Crippen molar-refractivity contribution >= 4 is 17.1 Å². The zero-order valence-corrected chi connectivity index (χ0v) is 16.8. The van der Waals surface area contributed by atoms with Gasteiger partial charge in [0.1, 0.15) is 0 Å². The van der Waals surface area contributed by atoms with Crippen LogP contribution in [0.5, 0.6) is 0 Å². The third-order valence-corrected chi connectivity index (χ3v) is 9.53. The summed E-state index contributed by atoms with van der Waals surface area (Å²) in [5.41, 5.74) is 2.66. The van der Waals surface area contributed by atoms with E-state index < -0.39 is 17.1 Å². The van der Waals surface area contributed by atoms with E-state index in [-0.39, 0.29) is 0 Å². The van der Waals surface area contributed by atoms with Crippen molar-refractivity contribution in [3.8, 4) is 0 Å². The van der Waals surface area contributed by atoms with E-state index in [9.17, 15) is 0 Å². The van der Waals surface area contributed by atoms with Gasteiger partial charge in [-0.05, 0) is 43.1 Å². The minimum Gasteiger partial charge on any atom is -0.420 e. The van der Waals surface area contributed by atoms with Crippen LogP contribution in [0.25, 0.3) is 0 Å². The van der Waals surface area contributed by atoms with Crippen molar-refractivity contribution < 1.29 is 17.7 Å². The Bertz CT molecular complexity index is 422. The van der Waals surface area contributed by atoms with Crippen molar-refractivity contribution in [2.24, 2.45) is 0 Å². The van der Waals surface area contributed by atoms with E-state index in [1.807, 2.05) is 7.11 Å². The van der Waals surface area contributed by atoms with Gasteiger partial charge < -0.3 is 17.7 Å². The maximum atomic E-state index is 5.60. The van der Waals surface area contributed by atoms with Crippen LogP contribution in [0.2, 0.25) is 25.2 Å². The summed E-state index contributed by atoms with van der Waals surface area (Å²) in [4.78, 5) is 0.